The van der Waals surface area contributed by atoms with E-state index < -0.39 is 5.82 Å². The molecule has 120 valence electrons. The summed E-state index contributed by atoms with van der Waals surface area (Å²) in [6.45, 7) is 4.82. The summed E-state index contributed by atoms with van der Waals surface area (Å²) < 4.78 is 19.8. The third-order valence-corrected chi connectivity index (χ3v) is 4.25. The van der Waals surface area contributed by atoms with E-state index in [9.17, 15) is 9.18 Å². The normalized spacial score (nSPS) is 21.3. The van der Waals surface area contributed by atoms with Gasteiger partial charge in [0, 0.05) is 0 Å². The fourth-order valence-electron chi connectivity index (χ4n) is 2.81. The van der Waals surface area contributed by atoms with Crippen LogP contribution >= 0.6 is 0 Å². The van der Waals surface area contributed by atoms with E-state index in [0.717, 1.165) is 5.56 Å². The molecule has 2 atom stereocenters. The largest absolute Gasteiger partial charge is 0.370 e. The zero-order chi connectivity index (χ0) is 16.4. The minimum absolute atomic E-state index is 0.0798. The molecule has 1 heterocycles. The fraction of sp³-hybridized carbons (Fsp3) is 0.316. The predicted molar refractivity (Wildman–Crippen MR) is 86.8 cm³/mol. The summed E-state index contributed by atoms with van der Waals surface area (Å²) in [6.07, 6.45) is -0.178. The average Bonchev–Trinajstić information content (AvgIpc) is 2.56. The Kier molecular flexibility index (Phi) is 4.44. The van der Waals surface area contributed by atoms with Crippen LogP contribution in [0.1, 0.15) is 34.5 Å². The Morgan fingerprint density at radius 3 is 2.57 bits per heavy atom. The number of morpholine rings is 1. The lowest BCUT2D eigenvalue weighted by Crippen LogP contribution is -2.48. The molecule has 0 aliphatic carbocycles. The molecule has 4 heteroatoms. The van der Waals surface area contributed by atoms with Crippen molar-refractivity contribution in [1.82, 2.24) is 4.90 Å². The van der Waals surface area contributed by atoms with Crippen molar-refractivity contribution in [3.63, 3.8) is 0 Å². The Hall–Kier alpha value is -2.20. The van der Waals surface area contributed by atoms with Crippen molar-refractivity contribution in [1.29, 1.82) is 0 Å². The molecule has 0 spiro atoms. The van der Waals surface area contributed by atoms with Crippen molar-refractivity contribution < 1.29 is 13.9 Å². The highest BCUT2D eigenvalue weighted by molar-refractivity contribution is 5.94. The highest BCUT2D eigenvalue weighted by Gasteiger charge is 2.31. The van der Waals surface area contributed by atoms with Crippen molar-refractivity contribution >= 4 is 5.91 Å². The highest BCUT2D eigenvalue weighted by atomic mass is 19.1. The van der Waals surface area contributed by atoms with Crippen LogP contribution in [-0.4, -0.2) is 30.0 Å². The molecule has 1 aliphatic heterocycles. The molecule has 3 nitrogen and oxygen atoms in total. The maximum absolute atomic E-state index is 13.9. The van der Waals surface area contributed by atoms with Crippen LogP contribution < -0.4 is 0 Å². The van der Waals surface area contributed by atoms with Crippen LogP contribution in [0.25, 0.3) is 0 Å². The monoisotopic (exact) mass is 313 g/mol. The van der Waals surface area contributed by atoms with E-state index in [1.54, 1.807) is 17.0 Å². The van der Waals surface area contributed by atoms with Gasteiger partial charge in [-0.15, -0.1) is 0 Å². The molecular formula is C19H20FNO2. The van der Waals surface area contributed by atoms with Gasteiger partial charge in [0.05, 0.1) is 24.8 Å². The molecule has 1 fully saturated rings. The van der Waals surface area contributed by atoms with E-state index in [-0.39, 0.29) is 23.6 Å². The Morgan fingerprint density at radius 1 is 1.17 bits per heavy atom. The lowest BCUT2D eigenvalue weighted by atomic mass is 10.0. The van der Waals surface area contributed by atoms with Crippen molar-refractivity contribution in [2.75, 3.05) is 13.2 Å². The second kappa shape index (κ2) is 6.50. The minimum Gasteiger partial charge on any atom is -0.370 e. The van der Waals surface area contributed by atoms with Crippen LogP contribution in [0.4, 0.5) is 4.39 Å². The zero-order valence-corrected chi connectivity index (χ0v) is 13.3. The molecule has 1 saturated heterocycles. The first-order chi connectivity index (χ1) is 11.1. The number of carbonyl (C=O) groups is 1. The van der Waals surface area contributed by atoms with Gasteiger partial charge in [0.2, 0.25) is 0 Å². The summed E-state index contributed by atoms with van der Waals surface area (Å²) in [5, 5.41) is 0. The van der Waals surface area contributed by atoms with Gasteiger partial charge >= 0.3 is 0 Å². The van der Waals surface area contributed by atoms with Gasteiger partial charge in [0.1, 0.15) is 11.9 Å². The van der Waals surface area contributed by atoms with Crippen molar-refractivity contribution in [2.24, 2.45) is 0 Å². The summed E-state index contributed by atoms with van der Waals surface area (Å²) in [5.74, 6) is -0.765. The van der Waals surface area contributed by atoms with Gasteiger partial charge in [-0.25, -0.2) is 4.39 Å². The van der Waals surface area contributed by atoms with Gasteiger partial charge in [0.25, 0.3) is 5.91 Å². The van der Waals surface area contributed by atoms with E-state index >= 15 is 0 Å². The third-order valence-electron chi connectivity index (χ3n) is 4.25. The number of halogens is 1. The maximum Gasteiger partial charge on any atom is 0.257 e. The molecule has 0 aromatic heterocycles. The van der Waals surface area contributed by atoms with E-state index in [4.69, 9.17) is 4.74 Å². The first kappa shape index (κ1) is 15.7. The second-order valence-electron chi connectivity index (χ2n) is 6.02. The quantitative estimate of drug-likeness (QED) is 0.845. The third kappa shape index (κ3) is 3.27. The molecule has 0 bridgehead atoms. The number of hydrogen-bond acceptors (Lipinski definition) is 2. The number of nitrogens with zero attached hydrogens (tertiary/aromatic N) is 1. The number of aryl methyl sites for hydroxylation is 1. The molecule has 0 N–H and O–H groups in total. The number of benzene rings is 2. The van der Waals surface area contributed by atoms with E-state index in [0.29, 0.717) is 13.2 Å². The number of rotatable bonds is 2. The minimum atomic E-state index is -0.483. The van der Waals surface area contributed by atoms with Crippen LogP contribution in [0.2, 0.25) is 0 Å². The van der Waals surface area contributed by atoms with Gasteiger partial charge in [-0.3, -0.25) is 4.79 Å². The summed E-state index contributed by atoms with van der Waals surface area (Å²) in [7, 11) is 0. The molecular weight excluding hydrogens is 293 g/mol. The second-order valence-corrected chi connectivity index (χ2v) is 6.02. The van der Waals surface area contributed by atoms with Crippen molar-refractivity contribution in [3.8, 4) is 0 Å². The van der Waals surface area contributed by atoms with E-state index in [1.165, 1.54) is 17.7 Å². The number of carbonyl (C=O) groups excluding carboxylic acids is 1. The fourth-order valence-corrected chi connectivity index (χ4v) is 2.81. The van der Waals surface area contributed by atoms with Crippen molar-refractivity contribution in [2.45, 2.75) is 26.0 Å². The molecule has 1 amide bonds. The number of amides is 1. The Balaban J connectivity index is 1.82. The van der Waals surface area contributed by atoms with Gasteiger partial charge < -0.3 is 9.64 Å². The Morgan fingerprint density at radius 2 is 1.87 bits per heavy atom. The van der Waals surface area contributed by atoms with Crippen LogP contribution in [0.3, 0.4) is 0 Å². The number of ether oxygens (including phenoxy) is 1. The molecule has 0 saturated carbocycles. The molecule has 2 aromatic carbocycles. The number of hydrogen-bond donors (Lipinski definition) is 0. The van der Waals surface area contributed by atoms with Crippen molar-refractivity contribution in [3.05, 3.63) is 71.0 Å². The molecule has 3 rings (SSSR count). The molecule has 2 aromatic rings. The first-order valence-corrected chi connectivity index (χ1v) is 7.80. The Bertz CT molecular complexity index is 699. The predicted octanol–water partition coefficient (Wildman–Crippen LogP) is 3.74. The van der Waals surface area contributed by atoms with Crippen LogP contribution in [0.15, 0.2) is 48.5 Å². The Labute approximate surface area is 135 Å². The molecule has 1 aliphatic rings. The van der Waals surface area contributed by atoms with Crippen LogP contribution in [0.5, 0.6) is 0 Å². The topological polar surface area (TPSA) is 29.5 Å². The summed E-state index contributed by atoms with van der Waals surface area (Å²) in [6, 6.07) is 14.1. The lowest BCUT2D eigenvalue weighted by Gasteiger charge is -2.38. The standard InChI is InChI=1S/C19H20FNO2/c1-13-7-9-15(10-8-13)18-11-21(14(2)12-23-18)19(22)16-5-3-4-6-17(16)20/h3-10,14,18H,11-12H2,1-2H3. The van der Waals surface area contributed by atoms with Gasteiger partial charge in [-0.05, 0) is 31.5 Å². The van der Waals surface area contributed by atoms with Crippen LogP contribution in [0, 0.1) is 12.7 Å². The van der Waals surface area contributed by atoms with E-state index in [1.807, 2.05) is 38.1 Å². The zero-order valence-electron chi connectivity index (χ0n) is 13.3. The highest BCUT2D eigenvalue weighted by Crippen LogP contribution is 2.26. The lowest BCUT2D eigenvalue weighted by molar-refractivity contribution is -0.0488. The SMILES string of the molecule is Cc1ccc(C2CN(C(=O)c3ccccc3F)C(C)CO2)cc1. The summed E-state index contributed by atoms with van der Waals surface area (Å²) in [5.41, 5.74) is 2.33. The molecule has 0 radical (unpaired) electrons. The molecule has 23 heavy (non-hydrogen) atoms. The summed E-state index contributed by atoms with van der Waals surface area (Å²) in [4.78, 5) is 14.4. The van der Waals surface area contributed by atoms with Gasteiger partial charge in [-0.1, -0.05) is 42.0 Å². The average molecular weight is 313 g/mol. The van der Waals surface area contributed by atoms with Gasteiger partial charge in [0.15, 0.2) is 0 Å². The maximum atomic E-state index is 13.9. The van der Waals surface area contributed by atoms with Crippen LogP contribution in [-0.2, 0) is 4.74 Å². The van der Waals surface area contributed by atoms with Gasteiger partial charge in [-0.2, -0.15) is 0 Å². The smallest absolute Gasteiger partial charge is 0.257 e. The first-order valence-electron chi connectivity index (χ1n) is 7.80. The van der Waals surface area contributed by atoms with E-state index in [2.05, 4.69) is 0 Å². The summed E-state index contributed by atoms with van der Waals surface area (Å²) >= 11 is 0. The molecule has 2 unspecified atom stereocenters.